The van der Waals surface area contributed by atoms with Gasteiger partial charge in [0.2, 0.25) is 0 Å². The fourth-order valence-electron chi connectivity index (χ4n) is 2.73. The number of aldehydes is 1. The van der Waals surface area contributed by atoms with Gasteiger partial charge in [-0.05, 0) is 81.3 Å². The van der Waals surface area contributed by atoms with E-state index in [0.29, 0.717) is 5.41 Å². The molecular weight excluding hydrogens is 396 g/mol. The molecule has 2 aromatic carbocycles. The van der Waals surface area contributed by atoms with E-state index in [4.69, 9.17) is 5.26 Å². The van der Waals surface area contributed by atoms with Gasteiger partial charge < -0.3 is 9.90 Å². The quantitative estimate of drug-likeness (QED) is 0.409. The van der Waals surface area contributed by atoms with Crippen LogP contribution >= 0.6 is 0 Å². The zero-order chi connectivity index (χ0) is 25.1. The molecule has 4 nitrogen and oxygen atoms in total. The Balaban J connectivity index is 0.000000499. The van der Waals surface area contributed by atoms with Gasteiger partial charge in [0.25, 0.3) is 0 Å². The largest absolute Gasteiger partial charge is 0.385 e. The summed E-state index contributed by atoms with van der Waals surface area (Å²) in [5.74, 6) is 0. The van der Waals surface area contributed by atoms with Gasteiger partial charge in [-0.3, -0.25) is 4.99 Å². The van der Waals surface area contributed by atoms with Crippen LogP contribution in [0.15, 0.2) is 41.4 Å². The topological polar surface area (TPSA) is 73.4 Å². The summed E-state index contributed by atoms with van der Waals surface area (Å²) in [6.07, 6.45) is 0.879. The fourth-order valence-corrected chi connectivity index (χ4v) is 2.73. The van der Waals surface area contributed by atoms with Crippen molar-refractivity contribution in [3.8, 4) is 6.07 Å². The average Bonchev–Trinajstić information content (AvgIpc) is 2.63. The predicted octanol–water partition coefficient (Wildman–Crippen LogP) is 7.13. The molecule has 2 aromatic rings. The number of carbonyl (C=O) groups excluding carboxylic acids is 1. The van der Waals surface area contributed by atoms with E-state index in [9.17, 15) is 9.90 Å². The van der Waals surface area contributed by atoms with E-state index in [2.05, 4.69) is 38.8 Å². The summed E-state index contributed by atoms with van der Waals surface area (Å²) in [6.45, 7) is 20.2. The second-order valence-electron chi connectivity index (χ2n) is 10.1. The molecule has 0 spiro atoms. The molecule has 0 aliphatic carbocycles. The highest BCUT2D eigenvalue weighted by Crippen LogP contribution is 2.26. The number of carbonyl (C=O) groups is 1. The van der Waals surface area contributed by atoms with E-state index >= 15 is 0 Å². The van der Waals surface area contributed by atoms with Gasteiger partial charge in [-0.1, -0.05) is 52.0 Å². The van der Waals surface area contributed by atoms with Gasteiger partial charge >= 0.3 is 0 Å². The van der Waals surface area contributed by atoms with E-state index in [0.717, 1.165) is 45.5 Å². The zero-order valence-electron chi connectivity index (χ0n) is 21.5. The molecular formula is C28H40N2O2. The number of benzene rings is 2. The molecule has 0 fully saturated rings. The Morgan fingerprint density at radius 1 is 1.00 bits per heavy atom. The number of nitriles is 1. The van der Waals surface area contributed by atoms with Crippen LogP contribution in [0.3, 0.4) is 0 Å². The highest BCUT2D eigenvalue weighted by atomic mass is 16.3. The Kier molecular flexibility index (Phi) is 11.8. The van der Waals surface area contributed by atoms with Gasteiger partial charge in [0.15, 0.2) is 0 Å². The number of aliphatic imine (C=N–C) groups is 1. The van der Waals surface area contributed by atoms with Crippen LogP contribution in [-0.2, 0) is 10.4 Å². The summed E-state index contributed by atoms with van der Waals surface area (Å²) in [6, 6.07) is 13.6. The number of hydrogen-bond donors (Lipinski definition) is 1. The molecule has 1 N–H and O–H groups in total. The van der Waals surface area contributed by atoms with E-state index in [-0.39, 0.29) is 6.42 Å². The summed E-state index contributed by atoms with van der Waals surface area (Å²) < 4.78 is 0. The average molecular weight is 437 g/mol. The van der Waals surface area contributed by atoms with Crippen LogP contribution in [-0.4, -0.2) is 17.1 Å². The molecule has 174 valence electrons. The van der Waals surface area contributed by atoms with Crippen molar-refractivity contribution in [2.24, 2.45) is 10.4 Å². The number of nitrogens with zero attached hydrogens (tertiary/aromatic N) is 2. The Bertz CT molecular complexity index is 948. The third-order valence-electron chi connectivity index (χ3n) is 4.21. The van der Waals surface area contributed by atoms with Crippen LogP contribution in [0.2, 0.25) is 0 Å². The molecule has 0 aliphatic heterocycles. The van der Waals surface area contributed by atoms with Crippen LogP contribution in [0.25, 0.3) is 0 Å². The van der Waals surface area contributed by atoms with Gasteiger partial charge in [0.05, 0.1) is 22.9 Å². The molecule has 0 aliphatic rings. The Morgan fingerprint density at radius 3 is 1.97 bits per heavy atom. The minimum absolute atomic E-state index is 0.137. The third kappa shape index (κ3) is 11.6. The van der Waals surface area contributed by atoms with Crippen molar-refractivity contribution in [3.63, 3.8) is 0 Å². The van der Waals surface area contributed by atoms with Crippen LogP contribution in [0.4, 0.5) is 5.69 Å². The van der Waals surface area contributed by atoms with Gasteiger partial charge in [0, 0.05) is 12.1 Å². The fraction of sp³-hybridized carbons (Fsp3) is 0.464. The molecule has 0 unspecified atom stereocenters. The molecule has 32 heavy (non-hydrogen) atoms. The number of rotatable bonds is 4. The first-order chi connectivity index (χ1) is 14.6. The van der Waals surface area contributed by atoms with E-state index in [1.54, 1.807) is 6.92 Å². The van der Waals surface area contributed by atoms with Crippen LogP contribution in [0.1, 0.15) is 82.7 Å². The maximum Gasteiger partial charge on any atom is 0.123 e. The van der Waals surface area contributed by atoms with Crippen molar-refractivity contribution in [1.82, 2.24) is 0 Å². The van der Waals surface area contributed by atoms with Crippen LogP contribution in [0.5, 0.6) is 0 Å². The molecule has 0 saturated heterocycles. The van der Waals surface area contributed by atoms with Crippen molar-refractivity contribution >= 4 is 17.7 Å². The Hall–Kier alpha value is -2.77. The highest BCUT2D eigenvalue weighted by Gasteiger charge is 2.23. The van der Waals surface area contributed by atoms with E-state index in [1.165, 1.54) is 0 Å². The molecule has 4 heteroatoms. The first kappa shape index (κ1) is 29.2. The lowest BCUT2D eigenvalue weighted by Crippen LogP contribution is -2.22. The molecule has 0 bridgehead atoms. The minimum Gasteiger partial charge on any atom is -0.385 e. The van der Waals surface area contributed by atoms with Gasteiger partial charge in [-0.25, -0.2) is 0 Å². The van der Waals surface area contributed by atoms with Crippen LogP contribution in [0, 0.1) is 37.5 Å². The van der Waals surface area contributed by atoms with E-state index < -0.39 is 5.60 Å². The summed E-state index contributed by atoms with van der Waals surface area (Å²) in [5, 5.41) is 18.8. The van der Waals surface area contributed by atoms with Gasteiger partial charge in [0.1, 0.15) is 6.29 Å². The maximum atomic E-state index is 10.3. The van der Waals surface area contributed by atoms with Crippen LogP contribution < -0.4 is 0 Å². The first-order valence-electron chi connectivity index (χ1n) is 10.9. The molecule has 1 atom stereocenters. The molecule has 2 rings (SSSR count). The van der Waals surface area contributed by atoms with Gasteiger partial charge in [-0.15, -0.1) is 0 Å². The molecule has 0 saturated carbocycles. The normalized spacial score (nSPS) is 12.1. The van der Waals surface area contributed by atoms with Gasteiger partial charge in [-0.2, -0.15) is 5.26 Å². The Morgan fingerprint density at radius 2 is 1.53 bits per heavy atom. The minimum atomic E-state index is -1.03. The number of hydrogen-bond acceptors (Lipinski definition) is 4. The lowest BCUT2D eigenvalue weighted by molar-refractivity contribution is -0.112. The smallest absolute Gasteiger partial charge is 0.123 e. The third-order valence-corrected chi connectivity index (χ3v) is 4.21. The molecule has 0 amide bonds. The molecule has 0 heterocycles. The van der Waals surface area contributed by atoms with E-state index in [1.807, 2.05) is 71.0 Å². The summed E-state index contributed by atoms with van der Waals surface area (Å²) >= 11 is 0. The van der Waals surface area contributed by atoms with Crippen molar-refractivity contribution in [1.29, 1.82) is 5.26 Å². The monoisotopic (exact) mass is 436 g/mol. The lowest BCUT2D eigenvalue weighted by Gasteiger charge is -2.22. The number of aryl methyl sites for hydroxylation is 3. The zero-order valence-corrected chi connectivity index (χ0v) is 21.5. The summed E-state index contributed by atoms with van der Waals surface area (Å²) in [5.41, 5.74) is 6.05. The summed E-state index contributed by atoms with van der Waals surface area (Å²) in [7, 11) is 0. The van der Waals surface area contributed by atoms with Crippen molar-refractivity contribution < 1.29 is 9.90 Å². The second kappa shape index (κ2) is 12.9. The standard InChI is InChI=1S/C12H14N2.C11H14O2.C5H12/c1-8(2)14-12-6-9(3)11(7-13)5-10(12)4;1-9-5-3-4-6-10(9)11(2,13)7-8-12;1-5(2,3)4/h5-6H,1-4H3;3-6,8,13H,7H2,1-2H3;1-4H3/t;11-;/m.0./s1. The second-order valence-corrected chi connectivity index (χ2v) is 10.1. The lowest BCUT2D eigenvalue weighted by atomic mass is 9.90. The predicted molar refractivity (Wildman–Crippen MR) is 136 cm³/mol. The van der Waals surface area contributed by atoms with Crippen molar-refractivity contribution in [3.05, 3.63) is 64.2 Å². The molecule has 0 aromatic heterocycles. The number of aliphatic hydroxyl groups is 1. The summed E-state index contributed by atoms with van der Waals surface area (Å²) in [4.78, 5) is 14.7. The highest BCUT2D eigenvalue weighted by molar-refractivity contribution is 5.82. The maximum absolute atomic E-state index is 10.3. The Labute approximate surface area is 195 Å². The van der Waals surface area contributed by atoms with Crippen molar-refractivity contribution in [2.75, 3.05) is 0 Å². The first-order valence-corrected chi connectivity index (χ1v) is 10.9. The van der Waals surface area contributed by atoms with Crippen molar-refractivity contribution in [2.45, 2.75) is 81.3 Å². The SMILES string of the molecule is CC(C)(C)C.CC(C)=Nc1cc(C)c(C#N)cc1C.Cc1ccccc1[C@@](C)(O)CC=O. The molecule has 0 radical (unpaired) electrons.